The van der Waals surface area contributed by atoms with Crippen molar-refractivity contribution in [2.45, 2.75) is 18.5 Å². The molecule has 2 fully saturated rings. The van der Waals surface area contributed by atoms with Crippen LogP contribution in [0.15, 0.2) is 36.8 Å². The van der Waals surface area contributed by atoms with Crippen LogP contribution in [-0.2, 0) is 0 Å². The number of likely N-dealkylation sites (tertiary alicyclic amines) is 1. The van der Waals surface area contributed by atoms with E-state index in [9.17, 15) is 0 Å². The van der Waals surface area contributed by atoms with Gasteiger partial charge in [-0.25, -0.2) is 4.98 Å². The topological polar surface area (TPSA) is 60.9 Å². The highest BCUT2D eigenvalue weighted by atomic mass is 15.4. The molecular formula is C17H18N6. The van der Waals surface area contributed by atoms with Gasteiger partial charge < -0.3 is 4.90 Å². The average molecular weight is 306 g/mol. The number of benzene rings is 1. The van der Waals surface area contributed by atoms with Gasteiger partial charge >= 0.3 is 0 Å². The Balaban J connectivity index is 1.43. The van der Waals surface area contributed by atoms with Crippen LogP contribution < -0.4 is 4.90 Å². The fraction of sp³-hybridized carbons (Fsp3) is 0.353. The molecule has 0 unspecified atom stereocenters. The zero-order valence-corrected chi connectivity index (χ0v) is 13.0. The minimum Gasteiger partial charge on any atom is -0.349 e. The second-order valence-corrected chi connectivity index (χ2v) is 6.57. The number of anilines is 1. The summed E-state index contributed by atoms with van der Waals surface area (Å²) in [6.07, 6.45) is 6.87. The van der Waals surface area contributed by atoms with E-state index < -0.39 is 0 Å². The summed E-state index contributed by atoms with van der Waals surface area (Å²) < 4.78 is 0. The van der Waals surface area contributed by atoms with E-state index in [1.165, 1.54) is 6.42 Å². The third-order valence-electron chi connectivity index (χ3n) is 5.18. The minimum atomic E-state index is 0.590. The van der Waals surface area contributed by atoms with Crippen LogP contribution in [-0.4, -0.2) is 57.3 Å². The van der Waals surface area contributed by atoms with Crippen molar-refractivity contribution >= 4 is 16.7 Å². The lowest BCUT2D eigenvalue weighted by Crippen LogP contribution is -2.44. The molecule has 2 atom stereocenters. The Morgan fingerprint density at radius 3 is 2.78 bits per heavy atom. The Labute approximate surface area is 134 Å². The summed E-state index contributed by atoms with van der Waals surface area (Å²) in [4.78, 5) is 14.2. The lowest BCUT2D eigenvalue weighted by Gasteiger charge is -2.32. The smallest absolute Gasteiger partial charge is 0.147 e. The van der Waals surface area contributed by atoms with Gasteiger partial charge in [-0.3, -0.25) is 15.0 Å². The van der Waals surface area contributed by atoms with Crippen LogP contribution in [0.4, 0.5) is 5.82 Å². The van der Waals surface area contributed by atoms with Gasteiger partial charge in [0.15, 0.2) is 0 Å². The van der Waals surface area contributed by atoms with Crippen molar-refractivity contribution in [2.75, 3.05) is 25.0 Å². The Hall–Kier alpha value is -2.47. The summed E-state index contributed by atoms with van der Waals surface area (Å²) in [5.41, 5.74) is 3.01. The van der Waals surface area contributed by atoms with E-state index in [-0.39, 0.29) is 0 Å². The number of hydrogen-bond acceptors (Lipinski definition) is 5. The highest BCUT2D eigenvalue weighted by Gasteiger charge is 2.41. The van der Waals surface area contributed by atoms with Crippen molar-refractivity contribution in [2.24, 2.45) is 0 Å². The number of hydrogen-bond donors (Lipinski definition) is 1. The minimum absolute atomic E-state index is 0.590. The Morgan fingerprint density at radius 2 is 2.04 bits per heavy atom. The number of nitrogens with one attached hydrogen (secondary N) is 1. The normalized spacial score (nSPS) is 24.0. The number of rotatable bonds is 2. The molecule has 6 nitrogen and oxygen atoms in total. The standard InChI is InChI=1S/C17H18N6/c1-22-9-14-5-13(22)10-23(14)17-8-18-16(7-19-17)11-2-3-15-12(4-11)6-20-21-15/h2-4,6-8,13-14H,5,9-10H2,1H3,(H,20,21)/t13-,14-/m0/s1. The molecule has 2 bridgehead atoms. The van der Waals surface area contributed by atoms with Crippen LogP contribution in [0.2, 0.25) is 0 Å². The predicted molar refractivity (Wildman–Crippen MR) is 89.3 cm³/mol. The highest BCUT2D eigenvalue weighted by molar-refractivity contribution is 5.83. The fourth-order valence-electron chi connectivity index (χ4n) is 3.87. The molecular weight excluding hydrogens is 288 g/mol. The first-order chi connectivity index (χ1) is 11.3. The molecule has 2 aromatic heterocycles. The van der Waals surface area contributed by atoms with Crippen LogP contribution in [0.5, 0.6) is 0 Å². The van der Waals surface area contributed by atoms with Crippen molar-refractivity contribution in [3.05, 3.63) is 36.8 Å². The molecule has 116 valence electrons. The number of aromatic nitrogens is 4. The van der Waals surface area contributed by atoms with Crippen LogP contribution in [0.25, 0.3) is 22.2 Å². The largest absolute Gasteiger partial charge is 0.349 e. The zero-order chi connectivity index (χ0) is 15.4. The Kier molecular flexibility index (Phi) is 2.69. The van der Waals surface area contributed by atoms with Crippen molar-refractivity contribution < 1.29 is 0 Å². The molecule has 0 radical (unpaired) electrons. The summed E-state index contributed by atoms with van der Waals surface area (Å²) in [6, 6.07) is 7.44. The van der Waals surface area contributed by atoms with E-state index >= 15 is 0 Å². The Bertz CT molecular complexity index is 853. The van der Waals surface area contributed by atoms with E-state index in [2.05, 4.69) is 49.1 Å². The van der Waals surface area contributed by atoms with Crippen LogP contribution >= 0.6 is 0 Å². The molecule has 5 rings (SSSR count). The summed E-state index contributed by atoms with van der Waals surface area (Å²) in [5.74, 6) is 0.999. The molecule has 2 aliphatic rings. The van der Waals surface area contributed by atoms with E-state index in [1.807, 2.05) is 24.7 Å². The first kappa shape index (κ1) is 13.0. The van der Waals surface area contributed by atoms with Gasteiger partial charge in [-0.2, -0.15) is 5.10 Å². The fourth-order valence-corrected chi connectivity index (χ4v) is 3.87. The van der Waals surface area contributed by atoms with Crippen LogP contribution in [0, 0.1) is 0 Å². The van der Waals surface area contributed by atoms with Crippen molar-refractivity contribution in [1.29, 1.82) is 0 Å². The molecule has 0 spiro atoms. The molecule has 2 saturated heterocycles. The zero-order valence-electron chi connectivity index (χ0n) is 13.0. The predicted octanol–water partition coefficient (Wildman–Crippen LogP) is 1.91. The van der Waals surface area contributed by atoms with Crippen LogP contribution in [0.1, 0.15) is 6.42 Å². The molecule has 0 amide bonds. The van der Waals surface area contributed by atoms with Crippen molar-refractivity contribution in [3.8, 4) is 11.3 Å². The molecule has 2 aliphatic heterocycles. The maximum absolute atomic E-state index is 4.67. The molecule has 0 aliphatic carbocycles. The van der Waals surface area contributed by atoms with E-state index in [0.29, 0.717) is 12.1 Å². The van der Waals surface area contributed by atoms with E-state index in [1.54, 1.807) is 0 Å². The van der Waals surface area contributed by atoms with Gasteiger partial charge in [0.1, 0.15) is 5.82 Å². The highest BCUT2D eigenvalue weighted by Crippen LogP contribution is 2.32. The maximum Gasteiger partial charge on any atom is 0.147 e. The molecule has 23 heavy (non-hydrogen) atoms. The van der Waals surface area contributed by atoms with Crippen molar-refractivity contribution in [3.63, 3.8) is 0 Å². The number of fused-ring (bicyclic) bond motifs is 3. The monoisotopic (exact) mass is 306 g/mol. The number of H-pyrrole nitrogens is 1. The average Bonchev–Trinajstić information content (AvgIpc) is 3.29. The molecule has 4 heterocycles. The lowest BCUT2D eigenvalue weighted by atomic mass is 10.1. The van der Waals surface area contributed by atoms with Gasteiger partial charge in [0.25, 0.3) is 0 Å². The quantitative estimate of drug-likeness (QED) is 0.784. The van der Waals surface area contributed by atoms with Gasteiger partial charge in [0.2, 0.25) is 0 Å². The summed E-state index contributed by atoms with van der Waals surface area (Å²) in [6.45, 7) is 2.20. The number of likely N-dealkylation sites (N-methyl/N-ethyl adjacent to an activating group) is 1. The van der Waals surface area contributed by atoms with Gasteiger partial charge in [0, 0.05) is 36.1 Å². The molecule has 1 aromatic carbocycles. The SMILES string of the molecule is CN1C[C@@H]2C[C@H]1CN2c1cnc(-c2ccc3[nH]ncc3c2)cn1. The van der Waals surface area contributed by atoms with Gasteiger partial charge in [-0.15, -0.1) is 0 Å². The van der Waals surface area contributed by atoms with E-state index in [0.717, 1.165) is 41.1 Å². The maximum atomic E-state index is 4.67. The first-order valence-electron chi connectivity index (χ1n) is 8.00. The second kappa shape index (κ2) is 4.76. The number of aromatic amines is 1. The Morgan fingerprint density at radius 1 is 1.09 bits per heavy atom. The summed E-state index contributed by atoms with van der Waals surface area (Å²) in [7, 11) is 2.21. The van der Waals surface area contributed by atoms with Gasteiger partial charge in [0.05, 0.1) is 29.8 Å². The summed E-state index contributed by atoms with van der Waals surface area (Å²) >= 11 is 0. The molecule has 1 N–H and O–H groups in total. The third kappa shape index (κ3) is 2.02. The molecule has 0 saturated carbocycles. The first-order valence-corrected chi connectivity index (χ1v) is 8.00. The van der Waals surface area contributed by atoms with Crippen molar-refractivity contribution in [1.82, 2.24) is 25.1 Å². The number of nitrogens with zero attached hydrogens (tertiary/aromatic N) is 5. The van der Waals surface area contributed by atoms with E-state index in [4.69, 9.17) is 0 Å². The lowest BCUT2D eigenvalue weighted by molar-refractivity contribution is 0.292. The van der Waals surface area contributed by atoms with Gasteiger partial charge in [-0.1, -0.05) is 6.07 Å². The summed E-state index contributed by atoms with van der Waals surface area (Å²) in [5, 5.41) is 8.12. The van der Waals surface area contributed by atoms with Crippen LogP contribution in [0.3, 0.4) is 0 Å². The molecule has 3 aromatic rings. The second-order valence-electron chi connectivity index (χ2n) is 6.57. The number of piperazine rings is 1. The third-order valence-corrected chi connectivity index (χ3v) is 5.18. The molecule has 6 heteroatoms. The van der Waals surface area contributed by atoms with Gasteiger partial charge in [-0.05, 0) is 25.6 Å².